The van der Waals surface area contributed by atoms with Crippen molar-refractivity contribution in [1.82, 2.24) is 0 Å². The number of benzene rings is 2. The summed E-state index contributed by atoms with van der Waals surface area (Å²) in [6.07, 6.45) is -0.821. The van der Waals surface area contributed by atoms with Crippen molar-refractivity contribution in [2.24, 2.45) is 0 Å². The van der Waals surface area contributed by atoms with Gasteiger partial charge in [-0.25, -0.2) is 0 Å². The fourth-order valence-electron chi connectivity index (χ4n) is 1.83. The van der Waals surface area contributed by atoms with E-state index in [0.29, 0.717) is 5.75 Å². The first-order valence-corrected chi connectivity index (χ1v) is 8.09. The Morgan fingerprint density at radius 1 is 1.00 bits per heavy atom. The van der Waals surface area contributed by atoms with Crippen LogP contribution in [-0.4, -0.2) is 21.7 Å². The second-order valence-corrected chi connectivity index (χ2v) is 6.16. The Morgan fingerprint density at radius 2 is 1.62 bits per heavy atom. The third kappa shape index (κ3) is 4.83. The van der Waals surface area contributed by atoms with Crippen LogP contribution < -0.4 is 4.74 Å². The molecule has 0 saturated carbocycles. The molecule has 0 aromatic heterocycles. The van der Waals surface area contributed by atoms with Gasteiger partial charge in [0.15, 0.2) is 5.78 Å². The highest BCUT2D eigenvalue weighted by Gasteiger charge is 2.22. The molecule has 0 saturated heterocycles. The summed E-state index contributed by atoms with van der Waals surface area (Å²) in [6.45, 7) is 0.279. The maximum Gasteiger partial charge on any atom is 0.333 e. The van der Waals surface area contributed by atoms with Crippen molar-refractivity contribution >= 4 is 13.4 Å². The van der Waals surface area contributed by atoms with Gasteiger partial charge in [0.2, 0.25) is 0 Å². The van der Waals surface area contributed by atoms with Gasteiger partial charge in [0.05, 0.1) is 5.56 Å². The Hall–Kier alpha value is -1.94. The van der Waals surface area contributed by atoms with E-state index in [1.54, 1.807) is 18.2 Å². The summed E-state index contributed by atoms with van der Waals surface area (Å²) in [4.78, 5) is 29.7. The maximum absolute atomic E-state index is 11.9. The average Bonchev–Trinajstić information content (AvgIpc) is 2.45. The molecule has 0 aliphatic carbocycles. The van der Waals surface area contributed by atoms with E-state index in [-0.39, 0.29) is 12.2 Å². The zero-order chi connectivity index (χ0) is 15.3. The van der Waals surface area contributed by atoms with Crippen LogP contribution in [0.2, 0.25) is 0 Å². The fourth-order valence-corrected chi connectivity index (χ4v) is 2.37. The SMILES string of the molecule is O=C(CP(=O)(O)O)c1ccccc1OCc1ccccc1. The lowest BCUT2D eigenvalue weighted by atomic mass is 10.1. The molecule has 0 aliphatic heterocycles. The number of para-hydroxylation sites is 1. The summed E-state index contributed by atoms with van der Waals surface area (Å²) >= 11 is 0. The van der Waals surface area contributed by atoms with E-state index in [1.165, 1.54) is 6.07 Å². The first kappa shape index (κ1) is 15.4. The first-order valence-electron chi connectivity index (χ1n) is 6.29. The molecule has 0 amide bonds. The number of hydrogen-bond acceptors (Lipinski definition) is 3. The van der Waals surface area contributed by atoms with Crippen molar-refractivity contribution in [1.29, 1.82) is 0 Å². The van der Waals surface area contributed by atoms with Gasteiger partial charge in [0.1, 0.15) is 18.5 Å². The Morgan fingerprint density at radius 3 is 2.29 bits per heavy atom. The average molecular weight is 306 g/mol. The van der Waals surface area contributed by atoms with Crippen LogP contribution in [0.5, 0.6) is 5.75 Å². The van der Waals surface area contributed by atoms with Crippen molar-refractivity contribution < 1.29 is 23.9 Å². The highest BCUT2D eigenvalue weighted by atomic mass is 31.2. The minimum absolute atomic E-state index is 0.178. The van der Waals surface area contributed by atoms with E-state index in [4.69, 9.17) is 14.5 Å². The minimum Gasteiger partial charge on any atom is -0.488 e. The van der Waals surface area contributed by atoms with Crippen molar-refractivity contribution in [2.75, 3.05) is 6.16 Å². The highest BCUT2D eigenvalue weighted by Crippen LogP contribution is 2.36. The summed E-state index contributed by atoms with van der Waals surface area (Å²) in [7, 11) is -4.39. The van der Waals surface area contributed by atoms with Crippen LogP contribution in [0, 0.1) is 0 Å². The van der Waals surface area contributed by atoms with Crippen LogP contribution in [0.1, 0.15) is 15.9 Å². The van der Waals surface area contributed by atoms with Crippen molar-refractivity contribution in [2.45, 2.75) is 6.61 Å². The van der Waals surface area contributed by atoms with E-state index in [2.05, 4.69) is 0 Å². The quantitative estimate of drug-likeness (QED) is 0.633. The van der Waals surface area contributed by atoms with Crippen molar-refractivity contribution in [3.05, 3.63) is 65.7 Å². The van der Waals surface area contributed by atoms with Gasteiger partial charge in [-0.1, -0.05) is 42.5 Å². The second-order valence-electron chi connectivity index (χ2n) is 4.52. The zero-order valence-electron chi connectivity index (χ0n) is 11.2. The molecule has 0 bridgehead atoms. The molecule has 6 heteroatoms. The monoisotopic (exact) mass is 306 g/mol. The van der Waals surface area contributed by atoms with Crippen molar-refractivity contribution in [3.8, 4) is 5.75 Å². The molecule has 0 radical (unpaired) electrons. The third-order valence-corrected chi connectivity index (χ3v) is 3.47. The van der Waals surface area contributed by atoms with E-state index >= 15 is 0 Å². The third-order valence-electron chi connectivity index (χ3n) is 2.77. The number of carbonyl (C=O) groups excluding carboxylic acids is 1. The number of hydrogen-bond donors (Lipinski definition) is 2. The number of Topliss-reactive ketones (excluding diaryl/α,β-unsaturated/α-hetero) is 1. The molecule has 0 unspecified atom stereocenters. The summed E-state index contributed by atoms with van der Waals surface area (Å²) in [5, 5.41) is 0. The predicted molar refractivity (Wildman–Crippen MR) is 78.5 cm³/mol. The molecule has 5 nitrogen and oxygen atoms in total. The number of ether oxygens (including phenoxy) is 1. The smallest absolute Gasteiger partial charge is 0.333 e. The van der Waals surface area contributed by atoms with Crippen LogP contribution in [0.15, 0.2) is 54.6 Å². The number of ketones is 1. The normalized spacial score (nSPS) is 11.1. The Kier molecular flexibility index (Phi) is 4.91. The van der Waals surface area contributed by atoms with Gasteiger partial charge in [0, 0.05) is 0 Å². The van der Waals surface area contributed by atoms with E-state index in [9.17, 15) is 9.36 Å². The molecule has 110 valence electrons. The lowest BCUT2D eigenvalue weighted by molar-refractivity contribution is 0.101. The summed E-state index contributed by atoms with van der Waals surface area (Å²) in [6, 6.07) is 15.9. The molecular formula is C15H15O5P. The largest absolute Gasteiger partial charge is 0.488 e. The first-order chi connectivity index (χ1) is 9.96. The number of carbonyl (C=O) groups is 1. The molecule has 0 fully saturated rings. The van der Waals surface area contributed by atoms with Gasteiger partial charge in [-0.3, -0.25) is 9.36 Å². The minimum atomic E-state index is -4.39. The standard InChI is InChI=1S/C15H15O5P/c16-14(11-21(17,18)19)13-8-4-5-9-15(13)20-10-12-6-2-1-3-7-12/h1-9H,10-11H2,(H2,17,18,19). The maximum atomic E-state index is 11.9. The molecule has 0 spiro atoms. The van der Waals surface area contributed by atoms with Crippen LogP contribution in [0.25, 0.3) is 0 Å². The Balaban J connectivity index is 2.13. The van der Waals surface area contributed by atoms with Gasteiger partial charge < -0.3 is 14.5 Å². The van der Waals surface area contributed by atoms with Crippen LogP contribution in [-0.2, 0) is 11.2 Å². The topological polar surface area (TPSA) is 83.8 Å². The van der Waals surface area contributed by atoms with Crippen LogP contribution >= 0.6 is 7.60 Å². The van der Waals surface area contributed by atoms with Crippen molar-refractivity contribution in [3.63, 3.8) is 0 Å². The van der Waals surface area contributed by atoms with Crippen LogP contribution in [0.3, 0.4) is 0 Å². The van der Waals surface area contributed by atoms with E-state index < -0.39 is 19.5 Å². The predicted octanol–water partition coefficient (Wildman–Crippen LogP) is 2.63. The van der Waals surface area contributed by atoms with Gasteiger partial charge in [-0.15, -0.1) is 0 Å². The Bertz CT molecular complexity index is 663. The fraction of sp³-hybridized carbons (Fsp3) is 0.133. The summed E-state index contributed by atoms with van der Waals surface area (Å²) in [5.41, 5.74) is 1.12. The van der Waals surface area contributed by atoms with Crippen LogP contribution in [0.4, 0.5) is 0 Å². The second kappa shape index (κ2) is 6.68. The van der Waals surface area contributed by atoms with E-state index in [0.717, 1.165) is 5.56 Å². The van der Waals surface area contributed by atoms with Gasteiger partial charge >= 0.3 is 7.60 Å². The molecule has 0 heterocycles. The molecule has 0 atom stereocenters. The molecular weight excluding hydrogens is 291 g/mol. The zero-order valence-corrected chi connectivity index (χ0v) is 12.1. The molecule has 2 aromatic carbocycles. The van der Waals surface area contributed by atoms with E-state index in [1.807, 2.05) is 30.3 Å². The summed E-state index contributed by atoms with van der Waals surface area (Å²) in [5.74, 6) is -0.313. The lowest BCUT2D eigenvalue weighted by Crippen LogP contribution is -2.08. The van der Waals surface area contributed by atoms with Gasteiger partial charge in [-0.2, -0.15) is 0 Å². The summed E-state index contributed by atoms with van der Waals surface area (Å²) < 4.78 is 16.5. The molecule has 0 aliphatic rings. The lowest BCUT2D eigenvalue weighted by Gasteiger charge is -2.11. The van der Waals surface area contributed by atoms with Gasteiger partial charge in [-0.05, 0) is 17.7 Å². The number of rotatable bonds is 6. The molecule has 2 rings (SSSR count). The van der Waals surface area contributed by atoms with Gasteiger partial charge in [0.25, 0.3) is 0 Å². The highest BCUT2D eigenvalue weighted by molar-refractivity contribution is 7.52. The Labute approximate surface area is 122 Å². The molecule has 2 aromatic rings. The molecule has 2 N–H and O–H groups in total. The molecule has 21 heavy (non-hydrogen) atoms.